The summed E-state index contributed by atoms with van der Waals surface area (Å²) in [5.74, 6) is -0.355. The van der Waals surface area contributed by atoms with Crippen LogP contribution in [0.25, 0.3) is 0 Å². The third-order valence-electron chi connectivity index (χ3n) is 11.6. The number of esters is 1. The molecular weight excluding hydrogens is 862 g/mol. The number of amides is 3. The largest absolute Gasteiger partial charge is 0.495 e. The molecule has 2 fully saturated rings. The van der Waals surface area contributed by atoms with Crippen LogP contribution in [0.15, 0.2) is 35.9 Å². The number of Topliss-reactive ketones (excluding diaryl/α,β-unsaturated/α-hetero) is 1. The SMILES string of the molecule is CCCOCCCC(=O)CCSSCCC(=O)N(C)[C@@H](C)C(=O)O[C@H]1CC(=O)N(C)c2cc(cc(OC)c2Cl)C/C(C)=C/C=C/[C@@H](OC)[C@@]2(O)C[C@H](OC(=O)N2)[C@@H](C)[C@@H]2O[C@@]12C. The van der Waals surface area contributed by atoms with Crippen LogP contribution in [0.4, 0.5) is 10.5 Å². The molecule has 2 saturated heterocycles. The van der Waals surface area contributed by atoms with E-state index < -0.39 is 65.7 Å². The van der Waals surface area contributed by atoms with Crippen molar-refractivity contribution >= 4 is 68.5 Å². The monoisotopic (exact) mass is 925 g/mol. The molecule has 0 radical (unpaired) electrons. The summed E-state index contributed by atoms with van der Waals surface area (Å²) in [7, 11) is 9.03. The van der Waals surface area contributed by atoms with E-state index in [9.17, 15) is 29.1 Å². The molecule has 4 rings (SSSR count). The van der Waals surface area contributed by atoms with Gasteiger partial charge in [0.25, 0.3) is 0 Å². The number of allylic oxidation sites excluding steroid dienone is 3. The maximum absolute atomic E-state index is 14.2. The summed E-state index contributed by atoms with van der Waals surface area (Å²) in [6.45, 7) is 10.3. The van der Waals surface area contributed by atoms with Gasteiger partial charge in [-0.25, -0.2) is 9.59 Å². The molecule has 1 aromatic carbocycles. The lowest BCUT2D eigenvalue weighted by atomic mass is 9.83. The molecule has 0 spiro atoms. The fourth-order valence-corrected chi connectivity index (χ4v) is 9.86. The van der Waals surface area contributed by atoms with Gasteiger partial charge in [0.05, 0.1) is 25.3 Å². The number of benzene rings is 1. The Balaban J connectivity index is 1.52. The molecule has 2 N–H and O–H groups in total. The van der Waals surface area contributed by atoms with Crippen LogP contribution in [-0.2, 0) is 49.3 Å². The Morgan fingerprint density at radius 2 is 1.84 bits per heavy atom. The van der Waals surface area contributed by atoms with E-state index >= 15 is 0 Å². The predicted octanol–water partition coefficient (Wildman–Crippen LogP) is 6.45. The van der Waals surface area contributed by atoms with E-state index in [1.807, 2.05) is 19.9 Å². The highest BCUT2D eigenvalue weighted by molar-refractivity contribution is 8.76. The van der Waals surface area contributed by atoms with Crippen molar-refractivity contribution in [2.75, 3.05) is 57.9 Å². The molecule has 15 nitrogen and oxygen atoms in total. The summed E-state index contributed by atoms with van der Waals surface area (Å²) in [5, 5.41) is 14.5. The number of carbonyl (C=O) groups excluding carboxylic acids is 5. The molecule has 4 bridgehead atoms. The molecule has 18 heteroatoms. The predicted molar refractivity (Wildman–Crippen MR) is 240 cm³/mol. The molecule has 3 aliphatic rings. The fraction of sp³-hybridized carbons (Fsp3) is 0.659. The number of carbonyl (C=O) groups is 5. The molecule has 0 aliphatic carbocycles. The smallest absolute Gasteiger partial charge is 0.409 e. The van der Waals surface area contributed by atoms with Gasteiger partial charge in [0, 0.05) is 77.5 Å². The molecular formula is C44H64ClN3O12S2. The number of aliphatic hydroxyl groups is 1. The molecule has 62 heavy (non-hydrogen) atoms. The molecule has 0 unspecified atom stereocenters. The summed E-state index contributed by atoms with van der Waals surface area (Å²) < 4.78 is 34.8. The quantitative estimate of drug-likeness (QED) is 0.0709. The number of likely N-dealkylation sites (N-methyl/N-ethyl adjacent to an activating group) is 1. The lowest BCUT2D eigenvalue weighted by Crippen LogP contribution is -2.63. The van der Waals surface area contributed by atoms with E-state index in [2.05, 4.69) is 5.32 Å². The Morgan fingerprint density at radius 1 is 1.13 bits per heavy atom. The van der Waals surface area contributed by atoms with E-state index in [1.165, 1.54) is 52.7 Å². The number of methoxy groups -OCH3 is 2. The Morgan fingerprint density at radius 3 is 2.52 bits per heavy atom. The number of anilines is 1. The Hall–Kier alpha value is -3.32. The standard InChI is InChI=1S/C44H64ClN3O12S2/c1-10-18-57-19-12-14-31(49)16-20-61-62-21-17-37(50)47(6)29(4)41(52)59-36-25-38(51)48(7)32-23-30(24-33(55-8)39(32)45)22-27(2)13-11-15-35(56-9)44(54)26-34(58-42(53)46-44)28(3)40-43(36,5)60-40/h11,13,15,23-24,28-29,34-36,40,54H,10,12,14,16-22,25-26H2,1-9H3,(H,46,53)/b15-11+,27-13+/t28-,29+,34+,35-,36+,40+,43+,44+/m1/s1. The first-order chi connectivity index (χ1) is 29.4. The van der Waals surface area contributed by atoms with Crippen molar-refractivity contribution in [3.8, 4) is 5.75 Å². The number of alkyl carbamates (subject to hydrolysis) is 1. The summed E-state index contributed by atoms with van der Waals surface area (Å²) in [5.41, 5.74) is -0.986. The fourth-order valence-electron chi connectivity index (χ4n) is 7.54. The minimum atomic E-state index is -1.84. The van der Waals surface area contributed by atoms with Gasteiger partial charge in [-0.05, 0) is 57.7 Å². The minimum absolute atomic E-state index is 0.0640. The van der Waals surface area contributed by atoms with Crippen molar-refractivity contribution in [1.29, 1.82) is 0 Å². The van der Waals surface area contributed by atoms with Crippen molar-refractivity contribution in [2.24, 2.45) is 5.92 Å². The van der Waals surface area contributed by atoms with Gasteiger partial charge >= 0.3 is 12.1 Å². The van der Waals surface area contributed by atoms with Crippen LogP contribution in [0, 0.1) is 5.92 Å². The van der Waals surface area contributed by atoms with Crippen molar-refractivity contribution in [3.05, 3.63) is 46.5 Å². The highest BCUT2D eigenvalue weighted by atomic mass is 35.5. The Labute approximate surface area is 378 Å². The van der Waals surface area contributed by atoms with E-state index in [-0.39, 0.29) is 36.0 Å². The molecule has 3 aliphatic heterocycles. The average molecular weight is 927 g/mol. The maximum Gasteiger partial charge on any atom is 0.409 e. The first-order valence-electron chi connectivity index (χ1n) is 21.1. The first kappa shape index (κ1) is 51.3. The highest BCUT2D eigenvalue weighted by Crippen LogP contribution is 2.49. The normalized spacial score (nSPS) is 28.3. The number of epoxide rings is 1. The van der Waals surface area contributed by atoms with Gasteiger partial charge in [0.15, 0.2) is 5.72 Å². The van der Waals surface area contributed by atoms with Gasteiger partial charge in [-0.2, -0.15) is 0 Å². The maximum atomic E-state index is 14.2. The third-order valence-corrected chi connectivity index (χ3v) is 14.4. The van der Waals surface area contributed by atoms with E-state index in [4.69, 9.17) is 40.0 Å². The topological polar surface area (TPSA) is 183 Å². The number of nitrogens with zero attached hydrogens (tertiary/aromatic N) is 2. The molecule has 8 atom stereocenters. The van der Waals surface area contributed by atoms with Gasteiger partial charge in [0.1, 0.15) is 46.5 Å². The van der Waals surface area contributed by atoms with Gasteiger partial charge in [-0.1, -0.05) is 70.8 Å². The summed E-state index contributed by atoms with van der Waals surface area (Å²) in [4.78, 5) is 69.2. The Bertz CT molecular complexity index is 1820. The second-order valence-corrected chi connectivity index (χ2v) is 19.4. The number of rotatable bonds is 18. The summed E-state index contributed by atoms with van der Waals surface area (Å²) in [6, 6.07) is 2.56. The van der Waals surface area contributed by atoms with Gasteiger partial charge in [-0.15, -0.1) is 0 Å². The van der Waals surface area contributed by atoms with E-state index in [0.717, 1.165) is 17.6 Å². The zero-order valence-corrected chi connectivity index (χ0v) is 39.8. The van der Waals surface area contributed by atoms with Gasteiger partial charge in [0.2, 0.25) is 11.8 Å². The van der Waals surface area contributed by atoms with Crippen molar-refractivity contribution in [2.45, 2.75) is 128 Å². The van der Waals surface area contributed by atoms with Crippen LogP contribution in [-0.4, -0.2) is 134 Å². The van der Waals surface area contributed by atoms with Crippen LogP contribution in [0.5, 0.6) is 5.75 Å². The molecule has 1 aromatic rings. The van der Waals surface area contributed by atoms with E-state index in [1.54, 1.807) is 52.1 Å². The number of fused-ring (bicyclic) bond motifs is 5. The average Bonchev–Trinajstić information content (AvgIpc) is 3.93. The van der Waals surface area contributed by atoms with Crippen molar-refractivity contribution < 1.29 is 57.5 Å². The van der Waals surface area contributed by atoms with Gasteiger partial charge < -0.3 is 43.3 Å². The number of nitrogens with one attached hydrogen (secondary N) is 1. The minimum Gasteiger partial charge on any atom is -0.495 e. The van der Waals surface area contributed by atoms with Gasteiger partial charge in [-0.3, -0.25) is 19.7 Å². The number of halogens is 1. The van der Waals surface area contributed by atoms with Crippen LogP contribution >= 0.6 is 33.2 Å². The lowest BCUT2D eigenvalue weighted by molar-refractivity contribution is -0.162. The second kappa shape index (κ2) is 23.6. The number of hydrogen-bond acceptors (Lipinski definition) is 14. The Kier molecular flexibility index (Phi) is 19.5. The lowest BCUT2D eigenvalue weighted by Gasteiger charge is -2.42. The molecule has 3 heterocycles. The molecule has 346 valence electrons. The van der Waals surface area contributed by atoms with Crippen LogP contribution in [0.3, 0.4) is 0 Å². The second-order valence-electron chi connectivity index (χ2n) is 16.3. The van der Waals surface area contributed by atoms with Crippen LogP contribution in [0.2, 0.25) is 5.02 Å². The molecule has 0 saturated carbocycles. The highest BCUT2D eigenvalue weighted by Gasteiger charge is 2.64. The number of ketones is 1. The number of ether oxygens (including phenoxy) is 6. The van der Waals surface area contributed by atoms with Crippen LogP contribution < -0.4 is 15.0 Å². The zero-order chi connectivity index (χ0) is 45.8. The molecule has 3 amide bonds. The first-order valence-corrected chi connectivity index (χ1v) is 23.9. The summed E-state index contributed by atoms with van der Waals surface area (Å²) >= 11 is 6.79. The summed E-state index contributed by atoms with van der Waals surface area (Å²) in [6.07, 6.45) is 3.55. The third kappa shape index (κ3) is 13.6. The number of hydrogen-bond donors (Lipinski definition) is 2. The van der Waals surface area contributed by atoms with Crippen LogP contribution in [0.1, 0.15) is 85.1 Å². The van der Waals surface area contributed by atoms with E-state index in [0.29, 0.717) is 61.8 Å². The zero-order valence-electron chi connectivity index (χ0n) is 37.4. The van der Waals surface area contributed by atoms with Crippen molar-refractivity contribution in [3.63, 3.8) is 0 Å². The molecule has 0 aromatic heterocycles. The van der Waals surface area contributed by atoms with Crippen molar-refractivity contribution in [1.82, 2.24) is 10.2 Å².